The van der Waals surface area contributed by atoms with Crippen LogP contribution < -0.4 is 0 Å². The lowest BCUT2D eigenvalue weighted by molar-refractivity contribution is 0.419. The molecule has 0 aromatic carbocycles. The fraction of sp³-hybridized carbons (Fsp3) is 0.357. The van der Waals surface area contributed by atoms with Gasteiger partial charge in [0.1, 0.15) is 6.26 Å². The number of hydrogen-bond acceptors (Lipinski definition) is 6. The molecule has 21 heavy (non-hydrogen) atoms. The first kappa shape index (κ1) is 13.9. The molecule has 0 atom stereocenters. The summed E-state index contributed by atoms with van der Waals surface area (Å²) in [5, 5.41) is 13.1. The number of aromatic nitrogens is 4. The average Bonchev–Trinajstić information content (AvgIpc) is 3.23. The summed E-state index contributed by atoms with van der Waals surface area (Å²) in [6.45, 7) is 2.90. The van der Waals surface area contributed by atoms with Crippen molar-refractivity contribution >= 4 is 11.8 Å². The summed E-state index contributed by atoms with van der Waals surface area (Å²) in [7, 11) is 0. The van der Waals surface area contributed by atoms with E-state index in [9.17, 15) is 0 Å². The molecule has 0 aliphatic carbocycles. The zero-order valence-corrected chi connectivity index (χ0v) is 12.5. The second kappa shape index (κ2) is 6.62. The van der Waals surface area contributed by atoms with E-state index >= 15 is 0 Å². The van der Waals surface area contributed by atoms with E-state index in [2.05, 4.69) is 26.8 Å². The van der Waals surface area contributed by atoms with Crippen molar-refractivity contribution in [3.8, 4) is 11.6 Å². The fourth-order valence-electron chi connectivity index (χ4n) is 2.06. The van der Waals surface area contributed by atoms with Crippen LogP contribution in [0.5, 0.6) is 0 Å². The summed E-state index contributed by atoms with van der Waals surface area (Å²) in [5.41, 5.74) is 1.13. The average molecular weight is 304 g/mol. The number of nitrogens with zero attached hydrogens (tertiary/aromatic N) is 4. The molecular weight excluding hydrogens is 288 g/mol. The summed E-state index contributed by atoms with van der Waals surface area (Å²) in [4.78, 5) is 0. The minimum absolute atomic E-state index is 0.751. The smallest absolute Gasteiger partial charge is 0.200 e. The predicted molar refractivity (Wildman–Crippen MR) is 78.9 cm³/mol. The third-order valence-corrected chi connectivity index (χ3v) is 4.15. The molecule has 0 N–H and O–H groups in total. The highest BCUT2D eigenvalue weighted by Gasteiger charge is 2.14. The molecule has 0 saturated carbocycles. The van der Waals surface area contributed by atoms with Gasteiger partial charge in [0, 0.05) is 17.9 Å². The molecule has 3 aromatic heterocycles. The Morgan fingerprint density at radius 1 is 1.33 bits per heavy atom. The van der Waals surface area contributed by atoms with E-state index in [1.165, 1.54) is 0 Å². The Kier molecular flexibility index (Phi) is 4.40. The van der Waals surface area contributed by atoms with Crippen LogP contribution in [0.4, 0.5) is 0 Å². The highest BCUT2D eigenvalue weighted by Crippen LogP contribution is 2.24. The summed E-state index contributed by atoms with van der Waals surface area (Å²) < 4.78 is 12.3. The number of hydrogen-bond donors (Lipinski definition) is 0. The first-order chi connectivity index (χ1) is 10.4. The van der Waals surface area contributed by atoms with Crippen LogP contribution in [0.15, 0.2) is 45.0 Å². The van der Waals surface area contributed by atoms with Gasteiger partial charge >= 0.3 is 0 Å². The zero-order valence-electron chi connectivity index (χ0n) is 11.7. The van der Waals surface area contributed by atoms with E-state index in [-0.39, 0.29) is 0 Å². The van der Waals surface area contributed by atoms with Crippen LogP contribution in [0.3, 0.4) is 0 Å². The molecule has 0 saturated heterocycles. The molecular formula is C14H16N4O2S. The lowest BCUT2D eigenvalue weighted by atomic mass is 10.2. The minimum atomic E-state index is 0.751. The monoisotopic (exact) mass is 304 g/mol. The normalized spacial score (nSPS) is 11.1. The summed E-state index contributed by atoms with van der Waals surface area (Å²) in [6, 6.07) is 3.76. The Hall–Kier alpha value is -2.02. The zero-order chi connectivity index (χ0) is 14.5. The molecule has 7 heteroatoms. The molecule has 0 bridgehead atoms. The second-order valence-corrected chi connectivity index (χ2v) is 5.57. The first-order valence-corrected chi connectivity index (χ1v) is 7.85. The van der Waals surface area contributed by atoms with Crippen molar-refractivity contribution in [2.75, 3.05) is 5.75 Å². The lowest BCUT2D eigenvalue weighted by Crippen LogP contribution is -1.99. The van der Waals surface area contributed by atoms with Crippen molar-refractivity contribution in [3.63, 3.8) is 0 Å². The molecule has 3 heterocycles. The van der Waals surface area contributed by atoms with Crippen molar-refractivity contribution in [3.05, 3.63) is 36.4 Å². The first-order valence-electron chi connectivity index (χ1n) is 6.86. The lowest BCUT2D eigenvalue weighted by Gasteiger charge is -2.05. The third-order valence-electron chi connectivity index (χ3n) is 3.10. The molecule has 110 valence electrons. The molecule has 0 amide bonds. The van der Waals surface area contributed by atoms with Gasteiger partial charge < -0.3 is 8.94 Å². The van der Waals surface area contributed by atoms with Gasteiger partial charge in [-0.05, 0) is 31.9 Å². The maximum Gasteiger partial charge on any atom is 0.200 e. The van der Waals surface area contributed by atoms with Crippen LogP contribution in [0.1, 0.15) is 18.9 Å². The van der Waals surface area contributed by atoms with Crippen molar-refractivity contribution in [1.82, 2.24) is 19.9 Å². The third kappa shape index (κ3) is 3.18. The molecule has 6 nitrogen and oxygen atoms in total. The predicted octanol–water partition coefficient (Wildman–Crippen LogP) is 3.27. The van der Waals surface area contributed by atoms with Gasteiger partial charge in [-0.25, -0.2) is 0 Å². The summed E-state index contributed by atoms with van der Waals surface area (Å²) in [6.07, 6.45) is 7.10. The molecule has 0 radical (unpaired) electrons. The van der Waals surface area contributed by atoms with E-state index in [4.69, 9.17) is 8.94 Å². The van der Waals surface area contributed by atoms with Crippen LogP contribution in [0.25, 0.3) is 11.6 Å². The van der Waals surface area contributed by atoms with E-state index in [0.717, 1.165) is 47.4 Å². The Labute approximate surface area is 126 Å². The van der Waals surface area contributed by atoms with E-state index in [1.807, 2.05) is 12.1 Å². The Balaban J connectivity index is 1.60. The van der Waals surface area contributed by atoms with Gasteiger partial charge in [-0.1, -0.05) is 16.9 Å². The number of aryl methyl sites for hydroxylation is 1. The van der Waals surface area contributed by atoms with Crippen LogP contribution in [0, 0.1) is 0 Å². The van der Waals surface area contributed by atoms with Gasteiger partial charge in [-0.15, -0.1) is 10.2 Å². The summed E-state index contributed by atoms with van der Waals surface area (Å²) in [5.74, 6) is 2.51. The van der Waals surface area contributed by atoms with Crippen molar-refractivity contribution in [2.45, 2.75) is 31.5 Å². The molecule has 0 aliphatic rings. The molecule has 0 spiro atoms. The molecule has 0 unspecified atom stereocenters. The van der Waals surface area contributed by atoms with Gasteiger partial charge in [-0.3, -0.25) is 4.57 Å². The van der Waals surface area contributed by atoms with Crippen LogP contribution >= 0.6 is 11.8 Å². The molecule has 0 fully saturated rings. The standard InChI is InChI=1S/C14H16N4O2S/c1-2-18-13(12-6-3-7-19-12)16-17-14(18)21-8-4-5-11-9-15-20-10-11/h3,6-7,9-10H,2,4-5,8H2,1H3. The fourth-order valence-corrected chi connectivity index (χ4v) is 3.00. The van der Waals surface area contributed by atoms with Gasteiger partial charge in [0.15, 0.2) is 16.7 Å². The number of thioether (sulfide) groups is 1. The van der Waals surface area contributed by atoms with E-state index < -0.39 is 0 Å². The molecule has 0 aliphatic heterocycles. The maximum absolute atomic E-state index is 5.40. The number of rotatable bonds is 7. The van der Waals surface area contributed by atoms with Crippen LogP contribution in [-0.2, 0) is 13.0 Å². The maximum atomic E-state index is 5.40. The number of furan rings is 1. The van der Waals surface area contributed by atoms with Crippen LogP contribution in [-0.4, -0.2) is 25.7 Å². The Morgan fingerprint density at radius 2 is 2.29 bits per heavy atom. The van der Waals surface area contributed by atoms with Crippen molar-refractivity contribution in [2.24, 2.45) is 0 Å². The van der Waals surface area contributed by atoms with Gasteiger partial charge in [0.2, 0.25) is 0 Å². The summed E-state index contributed by atoms with van der Waals surface area (Å²) >= 11 is 1.71. The highest BCUT2D eigenvalue weighted by molar-refractivity contribution is 7.99. The van der Waals surface area contributed by atoms with Gasteiger partial charge in [0.05, 0.1) is 12.5 Å². The quantitative estimate of drug-likeness (QED) is 0.493. The van der Waals surface area contributed by atoms with Crippen molar-refractivity contribution < 1.29 is 8.94 Å². The topological polar surface area (TPSA) is 69.9 Å². The molecule has 3 aromatic rings. The van der Waals surface area contributed by atoms with E-state index in [0.29, 0.717) is 0 Å². The Morgan fingerprint density at radius 3 is 3.00 bits per heavy atom. The van der Waals surface area contributed by atoms with Gasteiger partial charge in [-0.2, -0.15) is 0 Å². The van der Waals surface area contributed by atoms with E-state index in [1.54, 1.807) is 30.5 Å². The highest BCUT2D eigenvalue weighted by atomic mass is 32.2. The largest absolute Gasteiger partial charge is 0.461 e. The molecule has 3 rings (SSSR count). The van der Waals surface area contributed by atoms with Crippen molar-refractivity contribution in [1.29, 1.82) is 0 Å². The Bertz CT molecular complexity index is 661. The second-order valence-electron chi connectivity index (χ2n) is 4.51. The minimum Gasteiger partial charge on any atom is -0.461 e. The van der Waals surface area contributed by atoms with Gasteiger partial charge in [0.25, 0.3) is 0 Å². The van der Waals surface area contributed by atoms with Crippen LogP contribution in [0.2, 0.25) is 0 Å². The SMILES string of the molecule is CCn1c(SCCCc2cnoc2)nnc1-c1ccco1.